The average Bonchev–Trinajstić information content (AvgIpc) is 3.81. The summed E-state index contributed by atoms with van der Waals surface area (Å²) in [6, 6.07) is 67.1. The molecule has 252 valence electrons. The van der Waals surface area contributed by atoms with Gasteiger partial charge in [-0.2, -0.15) is 0 Å². The van der Waals surface area contributed by atoms with Crippen molar-refractivity contribution in [2.75, 3.05) is 0 Å². The van der Waals surface area contributed by atoms with E-state index in [-0.39, 0.29) is 0 Å². The molecule has 8 aromatic carbocycles. The fourth-order valence-electron chi connectivity index (χ4n) is 8.10. The molecule has 0 N–H and O–H groups in total. The summed E-state index contributed by atoms with van der Waals surface area (Å²) in [6.07, 6.45) is 0. The first-order chi connectivity index (χ1) is 26.8. The summed E-state index contributed by atoms with van der Waals surface area (Å²) in [5.74, 6) is 1.53. The number of rotatable bonds is 5. The highest BCUT2D eigenvalue weighted by atomic mass is 32.1. The zero-order chi connectivity index (χ0) is 35.6. The molecule has 0 aliphatic heterocycles. The summed E-state index contributed by atoms with van der Waals surface area (Å²) >= 11 is 1.89. The molecule has 54 heavy (non-hydrogen) atoms. The Kier molecular flexibility index (Phi) is 7.04. The van der Waals surface area contributed by atoms with Crippen molar-refractivity contribution in [1.82, 2.24) is 14.5 Å². The molecule has 3 aromatic heterocycles. The molecule has 0 unspecified atom stereocenters. The van der Waals surface area contributed by atoms with Crippen LogP contribution < -0.4 is 0 Å². The highest BCUT2D eigenvalue weighted by Gasteiger charge is 2.24. The highest BCUT2D eigenvalue weighted by molar-refractivity contribution is 7.27. The second-order valence-corrected chi connectivity index (χ2v) is 14.8. The van der Waals surface area contributed by atoms with Crippen LogP contribution >= 0.6 is 11.3 Å². The highest BCUT2D eigenvalue weighted by Crippen LogP contribution is 2.49. The average molecular weight is 706 g/mol. The minimum absolute atomic E-state index is 0.696. The van der Waals surface area contributed by atoms with Gasteiger partial charge in [0, 0.05) is 58.9 Å². The molecule has 11 rings (SSSR count). The van der Waals surface area contributed by atoms with Crippen LogP contribution in [0.25, 0.3) is 103 Å². The first kappa shape index (κ1) is 30.7. The van der Waals surface area contributed by atoms with Gasteiger partial charge in [-0.25, -0.2) is 9.97 Å². The van der Waals surface area contributed by atoms with Crippen LogP contribution in [0.1, 0.15) is 0 Å². The molecule has 0 aliphatic rings. The van der Waals surface area contributed by atoms with E-state index in [2.05, 4.69) is 180 Å². The fourth-order valence-corrected chi connectivity index (χ4v) is 9.33. The van der Waals surface area contributed by atoms with Crippen LogP contribution in [0.3, 0.4) is 0 Å². The Bertz CT molecular complexity index is 3130. The molecule has 0 amide bonds. The Morgan fingerprint density at radius 2 is 0.944 bits per heavy atom. The molecule has 0 saturated heterocycles. The van der Waals surface area contributed by atoms with Gasteiger partial charge >= 0.3 is 0 Å². The van der Waals surface area contributed by atoms with Crippen molar-refractivity contribution in [3.63, 3.8) is 0 Å². The van der Waals surface area contributed by atoms with Gasteiger partial charge in [0.15, 0.2) is 5.82 Å². The molecular formula is C50H31N3S. The number of benzene rings is 8. The minimum Gasteiger partial charge on any atom is -0.293 e. The molecule has 0 saturated carbocycles. The van der Waals surface area contributed by atoms with Crippen LogP contribution in [0.4, 0.5) is 0 Å². The third kappa shape index (κ3) is 4.88. The summed E-state index contributed by atoms with van der Waals surface area (Å²) in [6.45, 7) is 0. The molecular weight excluding hydrogens is 675 g/mol. The number of hydrogen-bond donors (Lipinski definition) is 0. The maximum atomic E-state index is 5.40. The van der Waals surface area contributed by atoms with E-state index in [0.29, 0.717) is 5.82 Å². The predicted octanol–water partition coefficient (Wildman–Crippen LogP) is 13.8. The van der Waals surface area contributed by atoms with Crippen molar-refractivity contribution in [1.29, 1.82) is 0 Å². The van der Waals surface area contributed by atoms with Crippen LogP contribution in [-0.4, -0.2) is 14.5 Å². The van der Waals surface area contributed by atoms with Crippen molar-refractivity contribution in [2.45, 2.75) is 0 Å². The summed E-state index contributed by atoms with van der Waals surface area (Å²) in [4.78, 5) is 10.6. The quantitative estimate of drug-likeness (QED) is 0.178. The van der Waals surface area contributed by atoms with Crippen molar-refractivity contribution in [3.8, 4) is 50.7 Å². The monoisotopic (exact) mass is 705 g/mol. The molecule has 0 radical (unpaired) electrons. The van der Waals surface area contributed by atoms with Gasteiger partial charge in [0.05, 0.1) is 16.7 Å². The largest absolute Gasteiger partial charge is 0.293 e. The maximum Gasteiger partial charge on any atom is 0.162 e. The summed E-state index contributed by atoms with van der Waals surface area (Å²) in [7, 11) is 0. The lowest BCUT2D eigenvalue weighted by molar-refractivity contribution is 1.05. The van der Waals surface area contributed by atoms with Crippen LogP contribution in [0.15, 0.2) is 188 Å². The zero-order valence-electron chi connectivity index (χ0n) is 29.1. The normalized spacial score (nSPS) is 11.7. The molecule has 4 heteroatoms. The SMILES string of the molecule is c1ccc(-c2ccc3sc4c5ccccc5c5c(c6cc(-c7ccccc7)ccc6n5-c5cc(-c6ccccc6)nc(-c6ccccc6)n5)c4c3c2)cc1. The number of thiophene rings is 1. The van der Waals surface area contributed by atoms with Crippen molar-refractivity contribution in [3.05, 3.63) is 188 Å². The van der Waals surface area contributed by atoms with Gasteiger partial charge < -0.3 is 0 Å². The Morgan fingerprint density at radius 1 is 0.389 bits per heavy atom. The van der Waals surface area contributed by atoms with Crippen molar-refractivity contribution in [2.24, 2.45) is 0 Å². The summed E-state index contributed by atoms with van der Waals surface area (Å²) < 4.78 is 4.98. The Balaban J connectivity index is 1.33. The first-order valence-electron chi connectivity index (χ1n) is 18.2. The van der Waals surface area contributed by atoms with Gasteiger partial charge in [0.1, 0.15) is 5.82 Å². The molecule has 3 nitrogen and oxygen atoms in total. The second kappa shape index (κ2) is 12.4. The standard InChI is InChI=1S/C50H31N3S/c1-5-15-32(16-6-1)36-25-27-43-40(29-36)46-47-41-30-37(33-17-7-2-8-18-33)26-28-44(41)54-49(47)39-24-14-13-23-38(39)48(46)53(43)45-31-42(34-19-9-3-10-20-34)51-50(52-45)35-21-11-4-12-22-35/h1-31H. The third-order valence-electron chi connectivity index (χ3n) is 10.6. The second-order valence-electron chi connectivity index (χ2n) is 13.8. The van der Waals surface area contributed by atoms with Crippen molar-refractivity contribution >= 4 is 64.1 Å². The molecule has 11 aromatic rings. The van der Waals surface area contributed by atoms with Gasteiger partial charge in [-0.15, -0.1) is 11.3 Å². The third-order valence-corrected chi connectivity index (χ3v) is 11.8. The number of nitrogens with zero attached hydrogens (tertiary/aromatic N) is 3. The van der Waals surface area contributed by atoms with Gasteiger partial charge in [-0.3, -0.25) is 4.57 Å². The minimum atomic E-state index is 0.696. The maximum absolute atomic E-state index is 5.40. The molecule has 0 bridgehead atoms. The zero-order valence-corrected chi connectivity index (χ0v) is 30.0. The number of aromatic nitrogens is 3. The van der Waals surface area contributed by atoms with Crippen LogP contribution in [0.2, 0.25) is 0 Å². The van der Waals surface area contributed by atoms with E-state index in [0.717, 1.165) is 33.7 Å². The Morgan fingerprint density at radius 3 is 1.61 bits per heavy atom. The first-order valence-corrected chi connectivity index (χ1v) is 19.1. The molecule has 3 heterocycles. The van der Waals surface area contributed by atoms with Crippen LogP contribution in [0, 0.1) is 0 Å². The smallest absolute Gasteiger partial charge is 0.162 e. The molecule has 0 aliphatic carbocycles. The Hall–Kier alpha value is -6.88. The van der Waals surface area contributed by atoms with E-state index in [1.54, 1.807) is 0 Å². The number of hydrogen-bond acceptors (Lipinski definition) is 3. The Labute approximate surface area is 316 Å². The number of fused-ring (bicyclic) bond motifs is 10. The van der Waals surface area contributed by atoms with E-state index in [1.165, 1.54) is 64.0 Å². The van der Waals surface area contributed by atoms with Crippen LogP contribution in [0.5, 0.6) is 0 Å². The fraction of sp³-hybridized carbons (Fsp3) is 0. The molecule has 0 atom stereocenters. The lowest BCUT2D eigenvalue weighted by Crippen LogP contribution is -2.02. The predicted molar refractivity (Wildman–Crippen MR) is 229 cm³/mol. The van der Waals surface area contributed by atoms with Gasteiger partial charge in [-0.1, -0.05) is 158 Å². The summed E-state index contributed by atoms with van der Waals surface area (Å²) in [5.41, 5.74) is 9.99. The van der Waals surface area contributed by atoms with Gasteiger partial charge in [0.2, 0.25) is 0 Å². The van der Waals surface area contributed by atoms with E-state index in [4.69, 9.17) is 9.97 Å². The van der Waals surface area contributed by atoms with Gasteiger partial charge in [0.25, 0.3) is 0 Å². The molecule has 0 fully saturated rings. The van der Waals surface area contributed by atoms with E-state index < -0.39 is 0 Å². The van der Waals surface area contributed by atoms with Gasteiger partial charge in [-0.05, 0) is 46.5 Å². The lowest BCUT2D eigenvalue weighted by Gasteiger charge is -2.13. The van der Waals surface area contributed by atoms with E-state index >= 15 is 0 Å². The summed E-state index contributed by atoms with van der Waals surface area (Å²) in [5, 5.41) is 7.45. The van der Waals surface area contributed by atoms with E-state index in [9.17, 15) is 0 Å². The molecule has 0 spiro atoms. The van der Waals surface area contributed by atoms with Crippen LogP contribution in [-0.2, 0) is 0 Å². The lowest BCUT2D eigenvalue weighted by atomic mass is 9.96. The van der Waals surface area contributed by atoms with E-state index in [1.807, 2.05) is 23.5 Å². The van der Waals surface area contributed by atoms with Crippen molar-refractivity contribution < 1.29 is 0 Å². The topological polar surface area (TPSA) is 30.7 Å².